The summed E-state index contributed by atoms with van der Waals surface area (Å²) in [5.41, 5.74) is 1.50. The zero-order valence-corrected chi connectivity index (χ0v) is 17.6. The Labute approximate surface area is 181 Å². The highest BCUT2D eigenvalue weighted by atomic mass is 79.9. The lowest BCUT2D eigenvalue weighted by Gasteiger charge is -2.19. The minimum absolute atomic E-state index is 0.00648. The molecule has 148 valence electrons. The van der Waals surface area contributed by atoms with E-state index < -0.39 is 11.9 Å². The Balaban J connectivity index is 1.81. The smallest absolute Gasteiger partial charge is 0.255 e. The van der Waals surface area contributed by atoms with Gasteiger partial charge in [0.2, 0.25) is 5.91 Å². The molecule has 0 saturated heterocycles. The van der Waals surface area contributed by atoms with Crippen molar-refractivity contribution in [2.75, 3.05) is 5.32 Å². The van der Waals surface area contributed by atoms with Crippen LogP contribution < -0.4 is 10.6 Å². The number of hydrogen-bond donors (Lipinski definition) is 3. The predicted molar refractivity (Wildman–Crippen MR) is 117 cm³/mol. The molecule has 3 aromatic rings. The van der Waals surface area contributed by atoms with E-state index in [1.54, 1.807) is 12.1 Å². The third kappa shape index (κ3) is 5.82. The lowest BCUT2D eigenvalue weighted by molar-refractivity contribution is -0.118. The number of benzene rings is 3. The molecule has 0 aliphatic heterocycles. The lowest BCUT2D eigenvalue weighted by Crippen LogP contribution is -2.45. The average molecular weight is 474 g/mol. The molecule has 5 nitrogen and oxygen atoms in total. The molecular weight excluding hydrogens is 456 g/mol. The Morgan fingerprint density at radius 3 is 2.38 bits per heavy atom. The number of carbonyl (C=O) groups is 2. The van der Waals surface area contributed by atoms with Gasteiger partial charge in [-0.2, -0.15) is 0 Å². The molecule has 2 amide bonds. The minimum Gasteiger partial charge on any atom is -0.507 e. The maximum Gasteiger partial charge on any atom is 0.255 e. The molecule has 7 heteroatoms. The number of carbonyl (C=O) groups excluding carboxylic acids is 2. The average Bonchev–Trinajstić information content (AvgIpc) is 2.71. The number of nitrogens with one attached hydrogen (secondary N) is 2. The van der Waals surface area contributed by atoms with E-state index in [9.17, 15) is 14.7 Å². The van der Waals surface area contributed by atoms with Crippen LogP contribution in [-0.4, -0.2) is 23.0 Å². The van der Waals surface area contributed by atoms with E-state index in [4.69, 9.17) is 11.6 Å². The van der Waals surface area contributed by atoms with Gasteiger partial charge in [0.05, 0.1) is 5.56 Å². The molecule has 3 N–H and O–H groups in total. The summed E-state index contributed by atoms with van der Waals surface area (Å²) in [6, 6.07) is 19.8. The number of phenols is 1. The van der Waals surface area contributed by atoms with E-state index >= 15 is 0 Å². The minimum atomic E-state index is -0.855. The SMILES string of the molecule is O=C(N[C@H](Cc1ccccc1)C(=O)Nc1ccc(Br)cc1)c1cc(Cl)ccc1O. The highest BCUT2D eigenvalue weighted by Crippen LogP contribution is 2.22. The van der Waals surface area contributed by atoms with Crippen LogP contribution in [0.25, 0.3) is 0 Å². The molecule has 0 aliphatic carbocycles. The van der Waals surface area contributed by atoms with Crippen molar-refractivity contribution in [1.82, 2.24) is 5.32 Å². The van der Waals surface area contributed by atoms with Gasteiger partial charge in [-0.1, -0.05) is 57.9 Å². The van der Waals surface area contributed by atoms with Crippen LogP contribution >= 0.6 is 27.5 Å². The highest BCUT2D eigenvalue weighted by molar-refractivity contribution is 9.10. The summed E-state index contributed by atoms with van der Waals surface area (Å²) < 4.78 is 0.890. The maximum atomic E-state index is 12.9. The molecule has 0 spiro atoms. The van der Waals surface area contributed by atoms with Crippen LogP contribution in [0.1, 0.15) is 15.9 Å². The fourth-order valence-electron chi connectivity index (χ4n) is 2.75. The maximum absolute atomic E-state index is 12.9. The fourth-order valence-corrected chi connectivity index (χ4v) is 3.18. The third-order valence-corrected chi connectivity index (χ3v) is 4.98. The number of anilines is 1. The van der Waals surface area contributed by atoms with Gasteiger partial charge in [-0.15, -0.1) is 0 Å². The Morgan fingerprint density at radius 1 is 1.00 bits per heavy atom. The second-order valence-electron chi connectivity index (χ2n) is 6.37. The summed E-state index contributed by atoms with van der Waals surface area (Å²) in [4.78, 5) is 25.6. The van der Waals surface area contributed by atoms with Crippen molar-refractivity contribution in [3.05, 3.63) is 93.4 Å². The fraction of sp³-hybridized carbons (Fsp3) is 0.0909. The van der Waals surface area contributed by atoms with Gasteiger partial charge in [-0.25, -0.2) is 0 Å². The van der Waals surface area contributed by atoms with E-state index in [-0.39, 0.29) is 23.6 Å². The molecule has 0 unspecified atom stereocenters. The quantitative estimate of drug-likeness (QED) is 0.482. The van der Waals surface area contributed by atoms with Gasteiger partial charge in [-0.3, -0.25) is 9.59 Å². The second kappa shape index (κ2) is 9.58. The number of phenolic OH excluding ortho intramolecular Hbond substituents is 1. The van der Waals surface area contributed by atoms with Crippen molar-refractivity contribution in [2.45, 2.75) is 12.5 Å². The molecule has 0 bridgehead atoms. The number of hydrogen-bond acceptors (Lipinski definition) is 3. The predicted octanol–water partition coefficient (Wildman–Crippen LogP) is 4.79. The Hall–Kier alpha value is -2.83. The van der Waals surface area contributed by atoms with Crippen molar-refractivity contribution in [1.29, 1.82) is 0 Å². The van der Waals surface area contributed by atoms with Gasteiger partial charge < -0.3 is 15.7 Å². The van der Waals surface area contributed by atoms with Gasteiger partial charge in [0, 0.05) is 21.6 Å². The molecule has 0 aromatic heterocycles. The summed E-state index contributed by atoms with van der Waals surface area (Å²) >= 11 is 9.29. The Kier molecular flexibility index (Phi) is 6.90. The van der Waals surface area contributed by atoms with Crippen LogP contribution in [0.2, 0.25) is 5.02 Å². The largest absolute Gasteiger partial charge is 0.507 e. The third-order valence-electron chi connectivity index (χ3n) is 4.22. The molecule has 3 aromatic carbocycles. The van der Waals surface area contributed by atoms with E-state index in [0.717, 1.165) is 10.0 Å². The molecule has 0 radical (unpaired) electrons. The monoisotopic (exact) mass is 472 g/mol. The molecule has 29 heavy (non-hydrogen) atoms. The highest BCUT2D eigenvalue weighted by Gasteiger charge is 2.23. The van der Waals surface area contributed by atoms with Gasteiger partial charge in [0.15, 0.2) is 0 Å². The summed E-state index contributed by atoms with van der Waals surface area (Å²) in [6.07, 6.45) is 0.288. The zero-order valence-electron chi connectivity index (χ0n) is 15.2. The van der Waals surface area contributed by atoms with Crippen LogP contribution in [0.4, 0.5) is 5.69 Å². The van der Waals surface area contributed by atoms with Gasteiger partial charge in [0.1, 0.15) is 11.8 Å². The topological polar surface area (TPSA) is 78.4 Å². The molecular formula is C22H18BrClN2O3. The number of amides is 2. The van der Waals surface area contributed by atoms with Crippen molar-refractivity contribution in [2.24, 2.45) is 0 Å². The van der Waals surface area contributed by atoms with Crippen molar-refractivity contribution < 1.29 is 14.7 Å². The second-order valence-corrected chi connectivity index (χ2v) is 7.73. The van der Waals surface area contributed by atoms with E-state index in [2.05, 4.69) is 26.6 Å². The summed E-state index contributed by atoms with van der Waals surface area (Å²) in [5.74, 6) is -1.17. The summed E-state index contributed by atoms with van der Waals surface area (Å²) in [7, 11) is 0. The first-order valence-electron chi connectivity index (χ1n) is 8.82. The number of aromatic hydroxyl groups is 1. The summed E-state index contributed by atoms with van der Waals surface area (Å²) in [6.45, 7) is 0. The Morgan fingerprint density at radius 2 is 1.69 bits per heavy atom. The molecule has 0 heterocycles. The van der Waals surface area contributed by atoms with Crippen LogP contribution in [0, 0.1) is 0 Å². The molecule has 0 fully saturated rings. The standard InChI is InChI=1S/C22H18BrClN2O3/c23-15-6-9-17(10-7-15)25-22(29)19(12-14-4-2-1-3-5-14)26-21(28)18-13-16(24)8-11-20(18)27/h1-11,13,19,27H,12H2,(H,25,29)(H,26,28)/t19-/m1/s1. The van der Waals surface area contributed by atoms with E-state index in [1.165, 1.54) is 18.2 Å². The normalized spacial score (nSPS) is 11.5. The Bertz CT molecular complexity index is 1010. The molecule has 0 aliphatic rings. The first kappa shape index (κ1) is 20.9. The molecule has 1 atom stereocenters. The van der Waals surface area contributed by atoms with Crippen molar-refractivity contribution >= 4 is 45.0 Å². The summed E-state index contributed by atoms with van der Waals surface area (Å²) in [5, 5.41) is 15.8. The first-order valence-corrected chi connectivity index (χ1v) is 9.99. The van der Waals surface area contributed by atoms with Crippen LogP contribution in [0.15, 0.2) is 77.3 Å². The van der Waals surface area contributed by atoms with E-state index in [1.807, 2.05) is 42.5 Å². The van der Waals surface area contributed by atoms with Crippen molar-refractivity contribution in [3.8, 4) is 5.75 Å². The number of halogens is 2. The van der Waals surface area contributed by atoms with Crippen LogP contribution in [-0.2, 0) is 11.2 Å². The van der Waals surface area contributed by atoms with Crippen molar-refractivity contribution in [3.63, 3.8) is 0 Å². The van der Waals surface area contributed by atoms with Crippen LogP contribution in [0.3, 0.4) is 0 Å². The van der Waals surface area contributed by atoms with Gasteiger partial charge in [-0.05, 0) is 48.0 Å². The van der Waals surface area contributed by atoms with Gasteiger partial charge in [0.25, 0.3) is 5.91 Å². The number of rotatable bonds is 6. The van der Waals surface area contributed by atoms with E-state index in [0.29, 0.717) is 10.7 Å². The zero-order chi connectivity index (χ0) is 20.8. The lowest BCUT2D eigenvalue weighted by atomic mass is 10.0. The molecule has 3 rings (SSSR count). The van der Waals surface area contributed by atoms with Gasteiger partial charge >= 0.3 is 0 Å². The molecule has 0 saturated carbocycles. The first-order chi connectivity index (χ1) is 13.9. The van der Waals surface area contributed by atoms with Crippen LogP contribution in [0.5, 0.6) is 5.75 Å².